The number of aromatic nitrogens is 1. The minimum Gasteiger partial charge on any atom is -0.462 e. The third kappa shape index (κ3) is 2.24. The maximum Gasteiger partial charge on any atom is 0.194 e. The summed E-state index contributed by atoms with van der Waals surface area (Å²) in [6.07, 6.45) is 1.66. The van der Waals surface area contributed by atoms with Crippen LogP contribution in [0.3, 0.4) is 0 Å². The van der Waals surface area contributed by atoms with Gasteiger partial charge < -0.3 is 14.6 Å². The highest BCUT2D eigenvalue weighted by molar-refractivity contribution is 7.13. The van der Waals surface area contributed by atoms with Gasteiger partial charge in [0.15, 0.2) is 16.7 Å². The van der Waals surface area contributed by atoms with Crippen LogP contribution in [-0.4, -0.2) is 36.0 Å². The molecule has 0 saturated heterocycles. The summed E-state index contributed by atoms with van der Waals surface area (Å²) in [6, 6.07) is 3.79. The van der Waals surface area contributed by atoms with Gasteiger partial charge in [-0.05, 0) is 12.1 Å². The zero-order valence-electron chi connectivity index (χ0n) is 10.1. The van der Waals surface area contributed by atoms with Crippen LogP contribution in [0, 0.1) is 0 Å². The molecule has 0 atom stereocenters. The fourth-order valence-corrected chi connectivity index (χ4v) is 2.58. The normalized spacial score (nSPS) is 14.9. The lowest BCUT2D eigenvalue weighted by Gasteiger charge is -2.14. The molecule has 0 bridgehead atoms. The highest BCUT2D eigenvalue weighted by Crippen LogP contribution is 2.23. The van der Waals surface area contributed by atoms with E-state index in [0.29, 0.717) is 6.54 Å². The average molecular weight is 262 g/mol. The summed E-state index contributed by atoms with van der Waals surface area (Å²) < 4.78 is 5.32. The van der Waals surface area contributed by atoms with Crippen molar-refractivity contribution in [1.29, 1.82) is 0 Å². The van der Waals surface area contributed by atoms with Gasteiger partial charge in [0.25, 0.3) is 0 Å². The van der Waals surface area contributed by atoms with E-state index in [4.69, 9.17) is 4.42 Å². The van der Waals surface area contributed by atoms with Crippen LogP contribution in [-0.2, 0) is 6.54 Å². The number of likely N-dealkylation sites (N-methyl/N-ethyl adjacent to an activating group) is 1. The molecule has 2 aromatic rings. The van der Waals surface area contributed by atoms with Gasteiger partial charge in [0, 0.05) is 19.0 Å². The number of thiazole rings is 1. The minimum absolute atomic E-state index is 0.695. The van der Waals surface area contributed by atoms with E-state index in [9.17, 15) is 0 Å². The third-order valence-electron chi connectivity index (χ3n) is 2.77. The lowest BCUT2D eigenvalue weighted by atomic mass is 10.4. The first kappa shape index (κ1) is 11.3. The van der Waals surface area contributed by atoms with Crippen molar-refractivity contribution in [1.82, 2.24) is 15.2 Å². The zero-order chi connectivity index (χ0) is 12.4. The highest BCUT2D eigenvalue weighted by atomic mass is 32.1. The summed E-state index contributed by atoms with van der Waals surface area (Å²) in [6.45, 7) is 2.55. The second kappa shape index (κ2) is 4.81. The molecular formula is C12H14N4OS. The zero-order valence-corrected chi connectivity index (χ0v) is 10.9. The first-order valence-electron chi connectivity index (χ1n) is 5.80. The molecule has 1 N–H and O–H groups in total. The molecule has 0 radical (unpaired) electrons. The molecule has 2 aromatic heterocycles. The fourth-order valence-electron chi connectivity index (χ4n) is 1.79. The van der Waals surface area contributed by atoms with Crippen LogP contribution in [0.4, 0.5) is 0 Å². The van der Waals surface area contributed by atoms with Gasteiger partial charge in [-0.3, -0.25) is 4.99 Å². The Morgan fingerprint density at radius 2 is 2.50 bits per heavy atom. The maximum absolute atomic E-state index is 5.32. The van der Waals surface area contributed by atoms with E-state index in [1.165, 1.54) is 0 Å². The van der Waals surface area contributed by atoms with Crippen molar-refractivity contribution in [2.75, 3.05) is 20.1 Å². The average Bonchev–Trinajstić information content (AvgIpc) is 3.08. The molecule has 6 heteroatoms. The number of hydrogen-bond donors (Lipinski definition) is 1. The van der Waals surface area contributed by atoms with E-state index in [1.807, 2.05) is 24.6 Å². The van der Waals surface area contributed by atoms with Crippen LogP contribution < -0.4 is 5.32 Å². The van der Waals surface area contributed by atoms with Gasteiger partial charge >= 0.3 is 0 Å². The monoisotopic (exact) mass is 262 g/mol. The third-order valence-corrected chi connectivity index (χ3v) is 3.68. The van der Waals surface area contributed by atoms with Gasteiger partial charge in [-0.1, -0.05) is 0 Å². The van der Waals surface area contributed by atoms with Gasteiger partial charge in [-0.15, -0.1) is 11.3 Å². The topological polar surface area (TPSA) is 53.7 Å². The maximum atomic E-state index is 5.32. The van der Waals surface area contributed by atoms with Crippen molar-refractivity contribution in [3.05, 3.63) is 29.5 Å². The number of furan rings is 1. The summed E-state index contributed by atoms with van der Waals surface area (Å²) in [5, 5.41) is 6.25. The Bertz CT molecular complexity index is 546. The lowest BCUT2D eigenvalue weighted by molar-refractivity contribution is 0.533. The summed E-state index contributed by atoms with van der Waals surface area (Å²) >= 11 is 1.59. The van der Waals surface area contributed by atoms with E-state index in [-0.39, 0.29) is 0 Å². The van der Waals surface area contributed by atoms with Crippen LogP contribution >= 0.6 is 11.3 Å². The predicted molar refractivity (Wildman–Crippen MR) is 71.6 cm³/mol. The van der Waals surface area contributed by atoms with Crippen molar-refractivity contribution in [2.24, 2.45) is 4.99 Å². The SMILES string of the molecule is CN1CCN=C1NCc1csc(-c2ccco2)n1. The molecule has 5 nitrogen and oxygen atoms in total. The summed E-state index contributed by atoms with van der Waals surface area (Å²) in [5.41, 5.74) is 1.01. The molecule has 0 saturated carbocycles. The molecule has 1 aliphatic heterocycles. The molecule has 3 heterocycles. The highest BCUT2D eigenvalue weighted by Gasteiger charge is 2.12. The van der Waals surface area contributed by atoms with Gasteiger partial charge in [0.2, 0.25) is 0 Å². The van der Waals surface area contributed by atoms with Crippen LogP contribution in [0.15, 0.2) is 33.2 Å². The second-order valence-corrected chi connectivity index (χ2v) is 4.96. The van der Waals surface area contributed by atoms with E-state index >= 15 is 0 Å². The Kier molecular flexibility index (Phi) is 3.02. The Morgan fingerprint density at radius 1 is 1.56 bits per heavy atom. The molecular weight excluding hydrogens is 248 g/mol. The van der Waals surface area contributed by atoms with Crippen LogP contribution in [0.25, 0.3) is 10.8 Å². The molecule has 0 unspecified atom stereocenters. The van der Waals surface area contributed by atoms with Crippen molar-refractivity contribution < 1.29 is 4.42 Å². The number of nitrogens with one attached hydrogen (secondary N) is 1. The van der Waals surface area contributed by atoms with Crippen molar-refractivity contribution >= 4 is 17.3 Å². The van der Waals surface area contributed by atoms with Gasteiger partial charge in [0.1, 0.15) is 0 Å². The number of nitrogens with zero attached hydrogens (tertiary/aromatic N) is 3. The number of hydrogen-bond acceptors (Lipinski definition) is 6. The number of aliphatic imine (C=N–C) groups is 1. The summed E-state index contributed by atoms with van der Waals surface area (Å²) in [4.78, 5) is 11.0. The van der Waals surface area contributed by atoms with Gasteiger partial charge in [0.05, 0.1) is 25.0 Å². The van der Waals surface area contributed by atoms with E-state index < -0.39 is 0 Å². The van der Waals surface area contributed by atoms with Gasteiger partial charge in [-0.25, -0.2) is 4.98 Å². The molecule has 18 heavy (non-hydrogen) atoms. The Balaban J connectivity index is 1.64. The Morgan fingerprint density at radius 3 is 3.22 bits per heavy atom. The van der Waals surface area contributed by atoms with Crippen molar-refractivity contribution in [2.45, 2.75) is 6.54 Å². The standard InChI is InChI=1S/C12H14N4OS/c1-16-5-4-13-12(16)14-7-9-8-18-11(15-9)10-3-2-6-17-10/h2-3,6,8H,4-5,7H2,1H3,(H,13,14). The van der Waals surface area contributed by atoms with Crippen LogP contribution in [0.1, 0.15) is 5.69 Å². The molecule has 0 spiro atoms. The first-order chi connectivity index (χ1) is 8.83. The van der Waals surface area contributed by atoms with E-state index in [2.05, 4.69) is 20.2 Å². The van der Waals surface area contributed by atoms with E-state index in [1.54, 1.807) is 17.6 Å². The molecule has 1 aliphatic rings. The Labute approximate surface area is 109 Å². The van der Waals surface area contributed by atoms with Crippen molar-refractivity contribution in [3.8, 4) is 10.8 Å². The predicted octanol–water partition coefficient (Wildman–Crippen LogP) is 1.79. The van der Waals surface area contributed by atoms with Crippen LogP contribution in [0.5, 0.6) is 0 Å². The quantitative estimate of drug-likeness (QED) is 0.916. The fraction of sp³-hybridized carbons (Fsp3) is 0.333. The molecule has 94 valence electrons. The molecule has 3 rings (SSSR count). The smallest absolute Gasteiger partial charge is 0.194 e. The molecule has 0 amide bonds. The molecule has 0 aliphatic carbocycles. The summed E-state index contributed by atoms with van der Waals surface area (Å²) in [5.74, 6) is 1.77. The lowest BCUT2D eigenvalue weighted by Crippen LogP contribution is -2.35. The van der Waals surface area contributed by atoms with Gasteiger partial charge in [-0.2, -0.15) is 0 Å². The number of rotatable bonds is 3. The first-order valence-corrected chi connectivity index (χ1v) is 6.68. The molecule has 0 fully saturated rings. The largest absolute Gasteiger partial charge is 0.462 e. The second-order valence-electron chi connectivity index (χ2n) is 4.10. The minimum atomic E-state index is 0.695. The van der Waals surface area contributed by atoms with Crippen LogP contribution in [0.2, 0.25) is 0 Å². The summed E-state index contributed by atoms with van der Waals surface area (Å²) in [7, 11) is 2.04. The number of guanidine groups is 1. The van der Waals surface area contributed by atoms with E-state index in [0.717, 1.165) is 35.5 Å². The molecule has 0 aromatic carbocycles. The van der Waals surface area contributed by atoms with Crippen molar-refractivity contribution in [3.63, 3.8) is 0 Å². The Hall–Kier alpha value is -1.82.